The number of hydrogen-bond acceptors (Lipinski definition) is 4. The van der Waals surface area contributed by atoms with Crippen LogP contribution < -0.4 is 10.1 Å². The number of β-amino-alcohol motifs (C(OH)–C–C–N with tert-alkyl or cyclic N) is 1. The summed E-state index contributed by atoms with van der Waals surface area (Å²) in [5.41, 5.74) is 2.00. The molecule has 3 amide bonds. The number of ether oxygens (including phenoxy) is 1. The van der Waals surface area contributed by atoms with Gasteiger partial charge in [-0.05, 0) is 47.9 Å². The molecular weight excluding hydrogens is 380 g/mol. The average Bonchev–Trinajstić information content (AvgIpc) is 2.97. The van der Waals surface area contributed by atoms with Crippen LogP contribution in [0.3, 0.4) is 0 Å². The fourth-order valence-electron chi connectivity index (χ4n) is 4.52. The molecule has 0 radical (unpaired) electrons. The molecule has 1 spiro atoms. The Bertz CT molecular complexity index is 958. The van der Waals surface area contributed by atoms with Gasteiger partial charge in [0, 0.05) is 0 Å². The molecule has 1 heterocycles. The first-order valence-corrected chi connectivity index (χ1v) is 10.5. The molecule has 0 saturated carbocycles. The number of rotatable bonds is 6. The quantitative estimate of drug-likeness (QED) is 0.719. The van der Waals surface area contributed by atoms with Gasteiger partial charge in [-0.2, -0.15) is 0 Å². The highest BCUT2D eigenvalue weighted by Gasteiger charge is 2.54. The molecule has 2 aliphatic rings. The molecule has 1 saturated heterocycles. The van der Waals surface area contributed by atoms with Gasteiger partial charge in [0.25, 0.3) is 5.91 Å². The average molecular weight is 408 g/mol. The maximum absolute atomic E-state index is 13.3. The van der Waals surface area contributed by atoms with Crippen molar-refractivity contribution in [3.05, 3.63) is 65.2 Å². The van der Waals surface area contributed by atoms with E-state index in [1.54, 1.807) is 0 Å². The first kappa shape index (κ1) is 20.4. The number of aliphatic hydroxyl groups excluding tert-OH is 1. The summed E-state index contributed by atoms with van der Waals surface area (Å²) in [5, 5.41) is 13.4. The summed E-state index contributed by atoms with van der Waals surface area (Å²) < 4.78 is 5.81. The summed E-state index contributed by atoms with van der Waals surface area (Å²) in [4.78, 5) is 27.1. The molecular formula is C24H28N2O4. The third-order valence-corrected chi connectivity index (χ3v) is 6.02. The zero-order valence-corrected chi connectivity index (χ0v) is 17.4. The highest BCUT2D eigenvalue weighted by atomic mass is 16.5. The Labute approximate surface area is 176 Å². The van der Waals surface area contributed by atoms with E-state index in [1.807, 2.05) is 48.5 Å². The Balaban J connectivity index is 1.46. The summed E-state index contributed by atoms with van der Waals surface area (Å²) in [7, 11) is 0. The molecule has 0 unspecified atom stereocenters. The number of nitrogens with zero attached hydrogens (tertiary/aromatic N) is 1. The second-order valence-electron chi connectivity index (χ2n) is 8.42. The molecule has 158 valence electrons. The molecule has 0 aromatic heterocycles. The minimum atomic E-state index is -1.02. The minimum absolute atomic E-state index is 0.00435. The number of urea groups is 1. The molecule has 4 rings (SSSR count). The molecule has 2 aromatic rings. The number of fused-ring (bicyclic) bond motifs is 2. The van der Waals surface area contributed by atoms with Crippen LogP contribution in [0.1, 0.15) is 49.3 Å². The molecule has 2 atom stereocenters. The van der Waals surface area contributed by atoms with Crippen molar-refractivity contribution in [2.45, 2.75) is 50.7 Å². The number of hydrogen-bond donors (Lipinski definition) is 2. The number of carbonyl (C=O) groups is 2. The highest BCUT2D eigenvalue weighted by molar-refractivity contribution is 6.07. The van der Waals surface area contributed by atoms with E-state index in [9.17, 15) is 14.7 Å². The maximum atomic E-state index is 13.3. The van der Waals surface area contributed by atoms with Gasteiger partial charge in [0.1, 0.15) is 24.0 Å². The smallest absolute Gasteiger partial charge is 0.325 e. The third kappa shape index (κ3) is 3.56. The number of nitrogens with one attached hydrogen (secondary N) is 1. The molecule has 30 heavy (non-hydrogen) atoms. The van der Waals surface area contributed by atoms with Gasteiger partial charge in [0.05, 0.1) is 6.54 Å². The molecule has 1 fully saturated rings. The Morgan fingerprint density at radius 3 is 2.67 bits per heavy atom. The lowest BCUT2D eigenvalue weighted by molar-refractivity contribution is -0.133. The van der Waals surface area contributed by atoms with Gasteiger partial charge in [-0.3, -0.25) is 9.69 Å². The van der Waals surface area contributed by atoms with E-state index < -0.39 is 17.7 Å². The molecule has 2 aromatic carbocycles. The van der Waals surface area contributed by atoms with Gasteiger partial charge in [0.2, 0.25) is 0 Å². The summed E-state index contributed by atoms with van der Waals surface area (Å²) in [6, 6.07) is 15.0. The normalized spacial score (nSPS) is 21.7. The summed E-state index contributed by atoms with van der Waals surface area (Å²) in [6.45, 7) is 4.06. The predicted molar refractivity (Wildman–Crippen MR) is 113 cm³/mol. The largest absolute Gasteiger partial charge is 0.491 e. The van der Waals surface area contributed by atoms with E-state index in [4.69, 9.17) is 4.74 Å². The van der Waals surface area contributed by atoms with Crippen molar-refractivity contribution in [1.82, 2.24) is 10.2 Å². The van der Waals surface area contributed by atoms with Crippen LogP contribution in [-0.4, -0.2) is 41.2 Å². The van der Waals surface area contributed by atoms with E-state index in [0.717, 1.165) is 34.4 Å². The van der Waals surface area contributed by atoms with E-state index >= 15 is 0 Å². The van der Waals surface area contributed by atoms with Crippen molar-refractivity contribution >= 4 is 11.9 Å². The van der Waals surface area contributed by atoms with E-state index in [0.29, 0.717) is 12.2 Å². The minimum Gasteiger partial charge on any atom is -0.491 e. The zero-order chi connectivity index (χ0) is 21.3. The summed E-state index contributed by atoms with van der Waals surface area (Å²) in [6.07, 6.45) is 1.31. The Morgan fingerprint density at radius 1 is 1.13 bits per heavy atom. The van der Waals surface area contributed by atoms with Gasteiger partial charge in [0.15, 0.2) is 0 Å². The number of amides is 3. The first-order chi connectivity index (χ1) is 14.4. The van der Waals surface area contributed by atoms with Crippen LogP contribution in [0.4, 0.5) is 4.79 Å². The van der Waals surface area contributed by atoms with E-state index in [1.165, 1.54) is 0 Å². The number of benzene rings is 2. The van der Waals surface area contributed by atoms with Crippen LogP contribution in [0, 0.1) is 0 Å². The van der Waals surface area contributed by atoms with Crippen molar-refractivity contribution in [3.8, 4) is 5.75 Å². The Hall–Kier alpha value is -2.86. The Morgan fingerprint density at radius 2 is 1.87 bits per heavy atom. The summed E-state index contributed by atoms with van der Waals surface area (Å²) in [5.74, 6) is 0.707. The van der Waals surface area contributed by atoms with Crippen molar-refractivity contribution in [2.75, 3.05) is 13.2 Å². The highest BCUT2D eigenvalue weighted by Crippen LogP contribution is 2.39. The lowest BCUT2D eigenvalue weighted by Crippen LogP contribution is -2.47. The van der Waals surface area contributed by atoms with Crippen LogP contribution in [0.5, 0.6) is 5.75 Å². The van der Waals surface area contributed by atoms with Crippen LogP contribution in [-0.2, 0) is 16.8 Å². The molecule has 6 heteroatoms. The third-order valence-electron chi connectivity index (χ3n) is 6.02. The molecule has 1 aliphatic carbocycles. The standard InChI is InChI=1S/C24H28N2O4/c1-16(2)19-10-4-6-12-21(19)30-15-18(27)14-26-22(28)24(25-23(26)29)13-7-9-17-8-3-5-11-20(17)24/h3-6,8,10-12,16,18,27H,7,9,13-15H2,1-2H3,(H,25,29)/t18-,24-/m1/s1. The lowest BCUT2D eigenvalue weighted by atomic mass is 9.76. The van der Waals surface area contributed by atoms with E-state index in [2.05, 4.69) is 19.2 Å². The van der Waals surface area contributed by atoms with Crippen molar-refractivity contribution in [3.63, 3.8) is 0 Å². The predicted octanol–water partition coefficient (Wildman–Crippen LogP) is 3.33. The number of para-hydroxylation sites is 1. The van der Waals surface area contributed by atoms with Crippen LogP contribution in [0.2, 0.25) is 0 Å². The molecule has 2 N–H and O–H groups in total. The lowest BCUT2D eigenvalue weighted by Gasteiger charge is -2.33. The fourth-order valence-corrected chi connectivity index (χ4v) is 4.52. The topological polar surface area (TPSA) is 78.9 Å². The van der Waals surface area contributed by atoms with Gasteiger partial charge < -0.3 is 15.2 Å². The Kier molecular flexibility index (Phi) is 5.52. The number of imide groups is 1. The number of carbonyl (C=O) groups excluding carboxylic acids is 2. The SMILES string of the molecule is CC(C)c1ccccc1OC[C@H](O)CN1C(=O)N[C@@]2(CCCc3ccccc32)C1=O. The fraction of sp³-hybridized carbons (Fsp3) is 0.417. The summed E-state index contributed by atoms with van der Waals surface area (Å²) >= 11 is 0. The van der Waals surface area contributed by atoms with Gasteiger partial charge in [-0.15, -0.1) is 0 Å². The van der Waals surface area contributed by atoms with E-state index in [-0.39, 0.29) is 25.0 Å². The monoisotopic (exact) mass is 408 g/mol. The molecule has 1 aliphatic heterocycles. The molecule has 6 nitrogen and oxygen atoms in total. The van der Waals surface area contributed by atoms with Crippen LogP contribution >= 0.6 is 0 Å². The van der Waals surface area contributed by atoms with Crippen molar-refractivity contribution in [1.29, 1.82) is 0 Å². The van der Waals surface area contributed by atoms with Gasteiger partial charge >= 0.3 is 6.03 Å². The van der Waals surface area contributed by atoms with Gasteiger partial charge in [-0.1, -0.05) is 56.3 Å². The number of aliphatic hydroxyl groups is 1. The second kappa shape index (κ2) is 8.11. The first-order valence-electron chi connectivity index (χ1n) is 10.5. The van der Waals surface area contributed by atoms with Crippen molar-refractivity contribution in [2.24, 2.45) is 0 Å². The second-order valence-corrected chi connectivity index (χ2v) is 8.42. The van der Waals surface area contributed by atoms with Crippen LogP contribution in [0.15, 0.2) is 48.5 Å². The van der Waals surface area contributed by atoms with Crippen molar-refractivity contribution < 1.29 is 19.4 Å². The van der Waals surface area contributed by atoms with Gasteiger partial charge in [-0.25, -0.2) is 4.79 Å². The van der Waals surface area contributed by atoms with Crippen LogP contribution in [0.25, 0.3) is 0 Å². The maximum Gasteiger partial charge on any atom is 0.325 e. The number of aryl methyl sites for hydroxylation is 1. The zero-order valence-electron chi connectivity index (χ0n) is 17.4. The molecule has 0 bridgehead atoms.